The molecule has 1 heterocycles. The Bertz CT molecular complexity index is 882. The summed E-state index contributed by atoms with van der Waals surface area (Å²) < 4.78 is 0. The van der Waals surface area contributed by atoms with E-state index in [0.29, 0.717) is 16.1 Å². The predicted molar refractivity (Wildman–Crippen MR) is 87.9 cm³/mol. The fourth-order valence-corrected chi connectivity index (χ4v) is 3.18. The van der Waals surface area contributed by atoms with E-state index in [0.717, 1.165) is 22.1 Å². The van der Waals surface area contributed by atoms with Crippen molar-refractivity contribution < 1.29 is 14.7 Å². The van der Waals surface area contributed by atoms with Crippen LogP contribution in [0.25, 0.3) is 10.8 Å². The van der Waals surface area contributed by atoms with E-state index in [4.69, 9.17) is 5.11 Å². The molecule has 0 fully saturated rings. The van der Waals surface area contributed by atoms with Gasteiger partial charge in [-0.1, -0.05) is 30.3 Å². The Morgan fingerprint density at radius 3 is 2.45 bits per heavy atom. The van der Waals surface area contributed by atoms with Crippen LogP contribution in [0.5, 0.6) is 0 Å². The van der Waals surface area contributed by atoms with Crippen molar-refractivity contribution in [1.82, 2.24) is 0 Å². The molecule has 0 saturated heterocycles. The Morgan fingerprint density at radius 1 is 1.05 bits per heavy atom. The summed E-state index contributed by atoms with van der Waals surface area (Å²) in [5.41, 5.74) is 1.19. The largest absolute Gasteiger partial charge is 0.477 e. The second kappa shape index (κ2) is 5.61. The molecule has 1 aromatic heterocycles. The minimum atomic E-state index is -0.978. The Kier molecular flexibility index (Phi) is 3.65. The number of fused-ring (bicyclic) bond motifs is 1. The molecule has 1 amide bonds. The zero-order valence-electron chi connectivity index (χ0n) is 11.8. The molecule has 5 heteroatoms. The van der Waals surface area contributed by atoms with Crippen molar-refractivity contribution in [3.8, 4) is 0 Å². The van der Waals surface area contributed by atoms with E-state index in [1.54, 1.807) is 19.1 Å². The first-order chi connectivity index (χ1) is 10.5. The number of rotatable bonds is 3. The summed E-state index contributed by atoms with van der Waals surface area (Å²) in [6, 6.07) is 15.0. The van der Waals surface area contributed by atoms with Crippen LogP contribution in [-0.2, 0) is 0 Å². The van der Waals surface area contributed by atoms with Gasteiger partial charge in [0, 0.05) is 5.56 Å². The number of amides is 1. The lowest BCUT2D eigenvalue weighted by molar-refractivity contribution is 0.0701. The van der Waals surface area contributed by atoms with Crippen LogP contribution < -0.4 is 5.32 Å². The molecule has 3 aromatic rings. The lowest BCUT2D eigenvalue weighted by atomic mass is 10.1. The van der Waals surface area contributed by atoms with E-state index < -0.39 is 5.97 Å². The number of aryl methyl sites for hydroxylation is 1. The molecular formula is C17H13NO3S. The molecule has 0 unspecified atom stereocenters. The van der Waals surface area contributed by atoms with Crippen LogP contribution in [0.3, 0.4) is 0 Å². The maximum atomic E-state index is 12.3. The average molecular weight is 311 g/mol. The van der Waals surface area contributed by atoms with Crippen LogP contribution in [-0.4, -0.2) is 17.0 Å². The Labute approximate surface area is 131 Å². The van der Waals surface area contributed by atoms with Gasteiger partial charge in [-0.15, -0.1) is 11.3 Å². The number of hydrogen-bond donors (Lipinski definition) is 2. The van der Waals surface area contributed by atoms with Gasteiger partial charge in [-0.2, -0.15) is 0 Å². The van der Waals surface area contributed by atoms with Crippen LogP contribution in [0, 0.1) is 6.92 Å². The molecule has 0 bridgehead atoms. The van der Waals surface area contributed by atoms with Gasteiger partial charge in [-0.05, 0) is 41.5 Å². The maximum Gasteiger partial charge on any atom is 0.346 e. The average Bonchev–Trinajstić information content (AvgIpc) is 2.87. The first kappa shape index (κ1) is 14.3. The number of benzene rings is 2. The number of thiophene rings is 1. The minimum absolute atomic E-state index is 0.244. The number of carbonyl (C=O) groups is 2. The molecular weight excluding hydrogens is 298 g/mol. The van der Waals surface area contributed by atoms with Crippen LogP contribution in [0.15, 0.2) is 48.5 Å². The lowest BCUT2D eigenvalue weighted by Crippen LogP contribution is -2.10. The smallest absolute Gasteiger partial charge is 0.346 e. The second-order valence-corrected chi connectivity index (χ2v) is 6.00. The molecule has 0 radical (unpaired) electrons. The first-order valence-electron chi connectivity index (χ1n) is 6.68. The van der Waals surface area contributed by atoms with E-state index in [1.807, 2.05) is 36.4 Å². The van der Waals surface area contributed by atoms with E-state index in [2.05, 4.69) is 5.32 Å². The second-order valence-electron chi connectivity index (χ2n) is 4.94. The number of carboxylic acids is 1. The summed E-state index contributed by atoms with van der Waals surface area (Å²) in [4.78, 5) is 23.6. The van der Waals surface area contributed by atoms with Crippen molar-refractivity contribution in [2.45, 2.75) is 6.92 Å². The molecule has 0 aliphatic carbocycles. The topological polar surface area (TPSA) is 66.4 Å². The van der Waals surface area contributed by atoms with Crippen LogP contribution in [0.4, 0.5) is 5.00 Å². The Hall–Kier alpha value is -2.66. The van der Waals surface area contributed by atoms with Crippen molar-refractivity contribution in [1.29, 1.82) is 0 Å². The van der Waals surface area contributed by atoms with Crippen molar-refractivity contribution in [3.63, 3.8) is 0 Å². The van der Waals surface area contributed by atoms with E-state index in [-0.39, 0.29) is 10.8 Å². The first-order valence-corrected chi connectivity index (χ1v) is 7.50. The zero-order valence-corrected chi connectivity index (χ0v) is 12.6. The van der Waals surface area contributed by atoms with Crippen LogP contribution in [0.1, 0.15) is 25.6 Å². The fraction of sp³-hybridized carbons (Fsp3) is 0.0588. The standard InChI is InChI=1S/C17H13NO3S/c1-10-8-14(22-15(10)17(20)21)18-16(19)13-7-6-11-4-2-3-5-12(11)9-13/h2-9H,1H3,(H,18,19)(H,20,21). The summed E-state index contributed by atoms with van der Waals surface area (Å²) in [6.45, 7) is 1.71. The van der Waals surface area contributed by atoms with Crippen molar-refractivity contribution >= 4 is 39.0 Å². The summed E-state index contributed by atoms with van der Waals surface area (Å²) >= 11 is 1.06. The monoisotopic (exact) mass is 311 g/mol. The maximum absolute atomic E-state index is 12.3. The van der Waals surface area contributed by atoms with Gasteiger partial charge in [0.1, 0.15) is 4.88 Å². The molecule has 22 heavy (non-hydrogen) atoms. The number of anilines is 1. The third kappa shape index (κ3) is 2.71. The van der Waals surface area contributed by atoms with Gasteiger partial charge in [0.2, 0.25) is 0 Å². The Balaban J connectivity index is 1.86. The van der Waals surface area contributed by atoms with Gasteiger partial charge < -0.3 is 10.4 Å². The highest BCUT2D eigenvalue weighted by Gasteiger charge is 2.14. The van der Waals surface area contributed by atoms with Crippen molar-refractivity contribution in [3.05, 3.63) is 64.5 Å². The molecule has 0 aliphatic heterocycles. The SMILES string of the molecule is Cc1cc(NC(=O)c2ccc3ccccc3c2)sc1C(=O)O. The van der Waals surface area contributed by atoms with Crippen molar-refractivity contribution in [2.24, 2.45) is 0 Å². The highest BCUT2D eigenvalue weighted by atomic mass is 32.1. The lowest BCUT2D eigenvalue weighted by Gasteiger charge is -2.04. The molecule has 2 aromatic carbocycles. The quantitative estimate of drug-likeness (QED) is 0.763. The highest BCUT2D eigenvalue weighted by molar-refractivity contribution is 7.18. The number of aromatic carboxylic acids is 1. The molecule has 2 N–H and O–H groups in total. The van der Waals surface area contributed by atoms with Gasteiger partial charge >= 0.3 is 5.97 Å². The van der Waals surface area contributed by atoms with E-state index in [1.165, 1.54) is 0 Å². The highest BCUT2D eigenvalue weighted by Crippen LogP contribution is 2.27. The van der Waals surface area contributed by atoms with E-state index >= 15 is 0 Å². The third-order valence-electron chi connectivity index (χ3n) is 3.36. The number of carbonyl (C=O) groups excluding carboxylic acids is 1. The number of nitrogens with one attached hydrogen (secondary N) is 1. The van der Waals surface area contributed by atoms with Gasteiger partial charge in [-0.3, -0.25) is 4.79 Å². The normalized spacial score (nSPS) is 10.6. The zero-order chi connectivity index (χ0) is 15.7. The molecule has 3 rings (SSSR count). The molecule has 0 saturated carbocycles. The number of carboxylic acid groups (broad SMARTS) is 1. The molecule has 0 spiro atoms. The summed E-state index contributed by atoms with van der Waals surface area (Å²) in [5, 5.41) is 14.4. The van der Waals surface area contributed by atoms with Crippen LogP contribution >= 0.6 is 11.3 Å². The van der Waals surface area contributed by atoms with Crippen molar-refractivity contribution in [2.75, 3.05) is 5.32 Å². The summed E-state index contributed by atoms with van der Waals surface area (Å²) in [6.07, 6.45) is 0. The minimum Gasteiger partial charge on any atom is -0.477 e. The Morgan fingerprint density at radius 2 is 1.77 bits per heavy atom. The third-order valence-corrected chi connectivity index (χ3v) is 4.50. The molecule has 0 atom stereocenters. The molecule has 0 aliphatic rings. The fourth-order valence-electron chi connectivity index (χ4n) is 2.27. The molecule has 4 nitrogen and oxygen atoms in total. The van der Waals surface area contributed by atoms with Gasteiger partial charge in [0.25, 0.3) is 5.91 Å². The predicted octanol–water partition coefficient (Wildman–Crippen LogP) is 4.16. The number of hydrogen-bond acceptors (Lipinski definition) is 3. The van der Waals surface area contributed by atoms with Crippen LogP contribution in [0.2, 0.25) is 0 Å². The molecule has 110 valence electrons. The van der Waals surface area contributed by atoms with Gasteiger partial charge in [0.05, 0.1) is 5.00 Å². The summed E-state index contributed by atoms with van der Waals surface area (Å²) in [7, 11) is 0. The van der Waals surface area contributed by atoms with Gasteiger partial charge in [0.15, 0.2) is 0 Å². The van der Waals surface area contributed by atoms with E-state index in [9.17, 15) is 9.59 Å². The van der Waals surface area contributed by atoms with Gasteiger partial charge in [-0.25, -0.2) is 4.79 Å². The summed E-state index contributed by atoms with van der Waals surface area (Å²) in [5.74, 6) is -1.22.